The molecular formula is C7H5BrClFO2S. The van der Waals surface area contributed by atoms with Crippen molar-refractivity contribution in [2.45, 2.75) is 11.8 Å². The van der Waals surface area contributed by atoms with Gasteiger partial charge in [-0.05, 0) is 34.5 Å². The van der Waals surface area contributed by atoms with Crippen LogP contribution < -0.4 is 0 Å². The molecule has 0 atom stereocenters. The Hall–Kier alpha value is -0.130. The van der Waals surface area contributed by atoms with Crippen molar-refractivity contribution in [3.8, 4) is 0 Å². The van der Waals surface area contributed by atoms with Crippen molar-refractivity contribution in [3.05, 3.63) is 28.0 Å². The molecule has 0 unspecified atom stereocenters. The van der Waals surface area contributed by atoms with E-state index in [1.54, 1.807) is 0 Å². The van der Waals surface area contributed by atoms with Gasteiger partial charge in [-0.3, -0.25) is 0 Å². The molecule has 0 N–H and O–H groups in total. The summed E-state index contributed by atoms with van der Waals surface area (Å²) in [6, 6.07) is 2.90. The van der Waals surface area contributed by atoms with Crippen molar-refractivity contribution in [1.82, 2.24) is 0 Å². The van der Waals surface area contributed by atoms with E-state index in [-0.39, 0.29) is 10.0 Å². The first-order chi connectivity index (χ1) is 5.84. The standard InChI is InChI=1S/C7H5BrClFO2S/c1-4-2-3-5(8)6(10)7(4)13(9,11)12/h2-3H,1H3. The van der Waals surface area contributed by atoms with Gasteiger partial charge in [0.15, 0.2) is 5.82 Å². The van der Waals surface area contributed by atoms with Crippen LogP contribution in [-0.2, 0) is 9.05 Å². The Balaban J connectivity index is 3.62. The zero-order chi connectivity index (χ0) is 10.2. The molecule has 0 aliphatic heterocycles. The third kappa shape index (κ3) is 2.21. The predicted molar refractivity (Wildman–Crippen MR) is 51.9 cm³/mol. The zero-order valence-corrected chi connectivity index (χ0v) is 9.67. The maximum absolute atomic E-state index is 13.2. The number of benzene rings is 1. The fraction of sp³-hybridized carbons (Fsp3) is 0.143. The third-order valence-corrected chi connectivity index (χ3v) is 3.55. The van der Waals surface area contributed by atoms with Crippen LogP contribution in [0.5, 0.6) is 0 Å². The van der Waals surface area contributed by atoms with Crippen LogP contribution in [0.15, 0.2) is 21.5 Å². The van der Waals surface area contributed by atoms with Crippen LogP contribution in [0.25, 0.3) is 0 Å². The van der Waals surface area contributed by atoms with E-state index in [0.717, 1.165) is 0 Å². The summed E-state index contributed by atoms with van der Waals surface area (Å²) in [6.45, 7) is 1.48. The molecule has 0 saturated heterocycles. The molecule has 1 aromatic carbocycles. The molecule has 0 saturated carbocycles. The number of halogens is 3. The highest BCUT2D eigenvalue weighted by Crippen LogP contribution is 2.28. The molecule has 0 aliphatic carbocycles. The largest absolute Gasteiger partial charge is 0.264 e. The van der Waals surface area contributed by atoms with Gasteiger partial charge in [0, 0.05) is 10.7 Å². The maximum atomic E-state index is 13.2. The van der Waals surface area contributed by atoms with Gasteiger partial charge in [0.1, 0.15) is 4.90 Å². The van der Waals surface area contributed by atoms with Crippen LogP contribution >= 0.6 is 26.6 Å². The summed E-state index contributed by atoms with van der Waals surface area (Å²) < 4.78 is 35.2. The summed E-state index contributed by atoms with van der Waals surface area (Å²) in [4.78, 5) is -0.469. The maximum Gasteiger partial charge on any atom is 0.264 e. The first-order valence-corrected chi connectivity index (χ1v) is 6.33. The molecule has 1 aromatic rings. The number of hydrogen-bond acceptors (Lipinski definition) is 2. The van der Waals surface area contributed by atoms with E-state index in [1.807, 2.05) is 0 Å². The molecule has 72 valence electrons. The Kier molecular flexibility index (Phi) is 2.99. The van der Waals surface area contributed by atoms with Crippen LogP contribution in [0.4, 0.5) is 4.39 Å². The van der Waals surface area contributed by atoms with Crippen molar-refractivity contribution >= 4 is 35.7 Å². The summed E-state index contributed by atoms with van der Waals surface area (Å²) in [7, 11) is 1.03. The summed E-state index contributed by atoms with van der Waals surface area (Å²) in [5, 5.41) is 0. The lowest BCUT2D eigenvalue weighted by atomic mass is 10.2. The summed E-state index contributed by atoms with van der Waals surface area (Å²) in [6.07, 6.45) is 0. The first kappa shape index (κ1) is 10.9. The molecule has 13 heavy (non-hydrogen) atoms. The van der Waals surface area contributed by atoms with E-state index >= 15 is 0 Å². The summed E-state index contributed by atoms with van der Waals surface area (Å²) in [5.74, 6) is -0.852. The van der Waals surface area contributed by atoms with Gasteiger partial charge in [0.2, 0.25) is 0 Å². The Morgan fingerprint density at radius 2 is 2.00 bits per heavy atom. The van der Waals surface area contributed by atoms with Crippen molar-refractivity contribution < 1.29 is 12.8 Å². The van der Waals surface area contributed by atoms with E-state index in [2.05, 4.69) is 15.9 Å². The Bertz CT molecular complexity index is 444. The zero-order valence-electron chi connectivity index (χ0n) is 6.51. The number of rotatable bonds is 1. The van der Waals surface area contributed by atoms with E-state index in [4.69, 9.17) is 10.7 Å². The normalized spacial score (nSPS) is 11.7. The molecular weight excluding hydrogens is 282 g/mol. The molecule has 0 heterocycles. The van der Waals surface area contributed by atoms with Gasteiger partial charge in [-0.2, -0.15) is 0 Å². The van der Waals surface area contributed by atoms with Crippen LogP contribution in [-0.4, -0.2) is 8.42 Å². The van der Waals surface area contributed by atoms with Gasteiger partial charge in [-0.15, -0.1) is 0 Å². The van der Waals surface area contributed by atoms with Crippen molar-refractivity contribution in [2.24, 2.45) is 0 Å². The molecule has 0 aliphatic rings. The molecule has 0 radical (unpaired) electrons. The first-order valence-electron chi connectivity index (χ1n) is 3.23. The smallest absolute Gasteiger partial charge is 0.207 e. The number of aryl methyl sites for hydroxylation is 1. The van der Waals surface area contributed by atoms with Crippen LogP contribution in [0.1, 0.15) is 5.56 Å². The van der Waals surface area contributed by atoms with Gasteiger partial charge < -0.3 is 0 Å². The van der Waals surface area contributed by atoms with Crippen molar-refractivity contribution in [1.29, 1.82) is 0 Å². The second-order valence-corrected chi connectivity index (χ2v) is 5.80. The molecule has 1 rings (SSSR count). The average Bonchev–Trinajstić information content (AvgIpc) is 1.95. The monoisotopic (exact) mass is 286 g/mol. The second kappa shape index (κ2) is 3.55. The Labute approximate surface area is 88.3 Å². The van der Waals surface area contributed by atoms with Crippen LogP contribution in [0.3, 0.4) is 0 Å². The topological polar surface area (TPSA) is 34.1 Å². The Morgan fingerprint density at radius 3 is 2.38 bits per heavy atom. The lowest BCUT2D eigenvalue weighted by Crippen LogP contribution is -1.99. The van der Waals surface area contributed by atoms with E-state index in [1.165, 1.54) is 19.1 Å². The highest BCUT2D eigenvalue weighted by molar-refractivity contribution is 9.10. The molecule has 2 nitrogen and oxygen atoms in total. The predicted octanol–water partition coefficient (Wildman–Crippen LogP) is 2.82. The fourth-order valence-electron chi connectivity index (χ4n) is 0.928. The van der Waals surface area contributed by atoms with Gasteiger partial charge in [-0.1, -0.05) is 6.07 Å². The average molecular weight is 288 g/mol. The van der Waals surface area contributed by atoms with Gasteiger partial charge in [0.05, 0.1) is 4.47 Å². The lowest BCUT2D eigenvalue weighted by Gasteiger charge is -2.04. The summed E-state index contributed by atoms with van der Waals surface area (Å²) in [5.41, 5.74) is 0.288. The molecule has 0 aromatic heterocycles. The quantitative estimate of drug-likeness (QED) is 0.744. The van der Waals surface area contributed by atoms with E-state index < -0.39 is 19.8 Å². The minimum Gasteiger partial charge on any atom is -0.207 e. The van der Waals surface area contributed by atoms with Gasteiger partial charge in [0.25, 0.3) is 9.05 Å². The second-order valence-electron chi connectivity index (χ2n) is 2.45. The van der Waals surface area contributed by atoms with Crippen LogP contribution in [0.2, 0.25) is 0 Å². The molecule has 0 amide bonds. The van der Waals surface area contributed by atoms with Crippen molar-refractivity contribution in [3.63, 3.8) is 0 Å². The van der Waals surface area contributed by atoms with Gasteiger partial charge >= 0.3 is 0 Å². The fourth-order valence-corrected chi connectivity index (χ4v) is 2.73. The highest BCUT2D eigenvalue weighted by atomic mass is 79.9. The van der Waals surface area contributed by atoms with Crippen LogP contribution in [0, 0.1) is 12.7 Å². The molecule has 0 spiro atoms. The van der Waals surface area contributed by atoms with Crippen molar-refractivity contribution in [2.75, 3.05) is 0 Å². The molecule has 0 bridgehead atoms. The van der Waals surface area contributed by atoms with E-state index in [9.17, 15) is 12.8 Å². The number of hydrogen-bond donors (Lipinski definition) is 0. The summed E-state index contributed by atoms with van der Waals surface area (Å²) >= 11 is 2.87. The Morgan fingerprint density at radius 1 is 1.46 bits per heavy atom. The minimum absolute atomic E-state index is 0.0809. The minimum atomic E-state index is -4.02. The highest BCUT2D eigenvalue weighted by Gasteiger charge is 2.20. The van der Waals surface area contributed by atoms with Gasteiger partial charge in [-0.25, -0.2) is 12.8 Å². The third-order valence-electron chi connectivity index (χ3n) is 1.49. The SMILES string of the molecule is Cc1ccc(Br)c(F)c1S(=O)(=O)Cl. The molecule has 6 heteroatoms. The van der Waals surface area contributed by atoms with E-state index in [0.29, 0.717) is 0 Å². The molecule has 0 fully saturated rings. The lowest BCUT2D eigenvalue weighted by molar-refractivity contribution is 0.569.